The standard InChI is InChI=1S/C21H22N4O/c1-15-8-7-11-18(16(15)2)22-21(26)19-12-13-20(24-23-19)25(3)14-17-9-5-4-6-10-17/h4-13H,14H2,1-3H3,(H,22,26). The predicted octanol–water partition coefficient (Wildman–Crippen LogP) is 3.98. The van der Waals surface area contributed by atoms with Gasteiger partial charge in [-0.3, -0.25) is 4.79 Å². The smallest absolute Gasteiger partial charge is 0.276 e. The van der Waals surface area contributed by atoms with E-state index in [1.165, 1.54) is 5.56 Å². The van der Waals surface area contributed by atoms with E-state index in [0.29, 0.717) is 5.69 Å². The van der Waals surface area contributed by atoms with Crippen LogP contribution in [0.25, 0.3) is 0 Å². The Morgan fingerprint density at radius 3 is 2.42 bits per heavy atom. The molecule has 5 heteroatoms. The maximum Gasteiger partial charge on any atom is 0.276 e. The Bertz CT molecular complexity index is 892. The average Bonchev–Trinajstić information content (AvgIpc) is 2.66. The summed E-state index contributed by atoms with van der Waals surface area (Å²) < 4.78 is 0. The van der Waals surface area contributed by atoms with Crippen LogP contribution in [0, 0.1) is 13.8 Å². The Labute approximate surface area is 153 Å². The molecule has 0 aliphatic rings. The molecule has 5 nitrogen and oxygen atoms in total. The van der Waals surface area contributed by atoms with Crippen LogP contribution >= 0.6 is 0 Å². The molecule has 1 aromatic heterocycles. The minimum Gasteiger partial charge on any atom is -0.354 e. The summed E-state index contributed by atoms with van der Waals surface area (Å²) in [4.78, 5) is 14.4. The van der Waals surface area contributed by atoms with Gasteiger partial charge in [-0.15, -0.1) is 10.2 Å². The highest BCUT2D eigenvalue weighted by molar-refractivity contribution is 6.03. The molecule has 0 aliphatic heterocycles. The molecule has 0 atom stereocenters. The highest BCUT2D eigenvalue weighted by Gasteiger charge is 2.12. The molecule has 1 amide bonds. The van der Waals surface area contributed by atoms with Crippen LogP contribution in [0.3, 0.4) is 0 Å². The SMILES string of the molecule is Cc1cccc(NC(=O)c2ccc(N(C)Cc3ccccc3)nn2)c1C. The predicted molar refractivity (Wildman–Crippen MR) is 104 cm³/mol. The zero-order chi connectivity index (χ0) is 18.5. The summed E-state index contributed by atoms with van der Waals surface area (Å²) in [6.45, 7) is 4.73. The Morgan fingerprint density at radius 2 is 1.73 bits per heavy atom. The highest BCUT2D eigenvalue weighted by Crippen LogP contribution is 2.19. The van der Waals surface area contributed by atoms with Gasteiger partial charge in [0.2, 0.25) is 0 Å². The van der Waals surface area contributed by atoms with Crippen molar-refractivity contribution in [2.75, 3.05) is 17.3 Å². The number of nitrogens with one attached hydrogen (secondary N) is 1. The number of aryl methyl sites for hydroxylation is 1. The normalized spacial score (nSPS) is 10.4. The lowest BCUT2D eigenvalue weighted by Crippen LogP contribution is -2.20. The average molecular weight is 346 g/mol. The Morgan fingerprint density at radius 1 is 0.962 bits per heavy atom. The minimum atomic E-state index is -0.261. The van der Waals surface area contributed by atoms with E-state index in [4.69, 9.17) is 0 Å². The molecule has 1 heterocycles. The van der Waals surface area contributed by atoms with Crippen LogP contribution in [0.1, 0.15) is 27.2 Å². The lowest BCUT2D eigenvalue weighted by atomic mass is 10.1. The molecule has 2 aromatic carbocycles. The summed E-state index contributed by atoms with van der Waals surface area (Å²) in [7, 11) is 1.95. The van der Waals surface area contributed by atoms with E-state index < -0.39 is 0 Å². The second kappa shape index (κ2) is 7.78. The number of carbonyl (C=O) groups excluding carboxylic acids is 1. The Hall–Kier alpha value is -3.21. The van der Waals surface area contributed by atoms with E-state index in [-0.39, 0.29) is 5.91 Å². The van der Waals surface area contributed by atoms with E-state index in [9.17, 15) is 4.79 Å². The van der Waals surface area contributed by atoms with Gasteiger partial charge in [-0.25, -0.2) is 0 Å². The fourth-order valence-electron chi connectivity index (χ4n) is 2.66. The van der Waals surface area contributed by atoms with E-state index in [0.717, 1.165) is 29.2 Å². The van der Waals surface area contributed by atoms with Gasteiger partial charge in [0.25, 0.3) is 5.91 Å². The molecule has 0 unspecified atom stereocenters. The maximum absolute atomic E-state index is 12.4. The molecule has 26 heavy (non-hydrogen) atoms. The molecule has 3 rings (SSSR count). The molecule has 0 aliphatic carbocycles. The zero-order valence-electron chi connectivity index (χ0n) is 15.2. The van der Waals surface area contributed by atoms with Crippen molar-refractivity contribution in [3.63, 3.8) is 0 Å². The van der Waals surface area contributed by atoms with Crippen LogP contribution in [-0.2, 0) is 6.54 Å². The Kier molecular flexibility index (Phi) is 5.27. The summed E-state index contributed by atoms with van der Waals surface area (Å²) in [6, 6.07) is 19.5. The number of amides is 1. The first-order chi connectivity index (χ1) is 12.5. The molecule has 0 saturated carbocycles. The van der Waals surface area contributed by atoms with Gasteiger partial charge >= 0.3 is 0 Å². The number of benzene rings is 2. The van der Waals surface area contributed by atoms with Crippen molar-refractivity contribution in [3.8, 4) is 0 Å². The van der Waals surface area contributed by atoms with Crippen LogP contribution in [0.5, 0.6) is 0 Å². The van der Waals surface area contributed by atoms with Crippen molar-refractivity contribution in [1.29, 1.82) is 0 Å². The lowest BCUT2D eigenvalue weighted by molar-refractivity contribution is 0.102. The van der Waals surface area contributed by atoms with E-state index in [2.05, 4.69) is 27.6 Å². The molecule has 0 bridgehead atoms. The fraction of sp³-hybridized carbons (Fsp3) is 0.190. The number of nitrogens with zero attached hydrogens (tertiary/aromatic N) is 3. The van der Waals surface area contributed by atoms with E-state index >= 15 is 0 Å². The minimum absolute atomic E-state index is 0.261. The molecular formula is C21H22N4O. The first-order valence-electron chi connectivity index (χ1n) is 8.51. The van der Waals surface area contributed by atoms with Crippen LogP contribution in [-0.4, -0.2) is 23.2 Å². The largest absolute Gasteiger partial charge is 0.354 e. The first-order valence-corrected chi connectivity index (χ1v) is 8.51. The van der Waals surface area contributed by atoms with Gasteiger partial charge in [0, 0.05) is 19.3 Å². The van der Waals surface area contributed by atoms with Crippen LogP contribution in [0.4, 0.5) is 11.5 Å². The molecule has 3 aromatic rings. The van der Waals surface area contributed by atoms with E-state index in [1.54, 1.807) is 6.07 Å². The highest BCUT2D eigenvalue weighted by atomic mass is 16.1. The van der Waals surface area contributed by atoms with Crippen molar-refractivity contribution in [2.45, 2.75) is 20.4 Å². The summed E-state index contributed by atoms with van der Waals surface area (Å²) in [5.74, 6) is 0.459. The quantitative estimate of drug-likeness (QED) is 0.759. The monoisotopic (exact) mass is 346 g/mol. The van der Waals surface area contributed by atoms with Crippen LogP contribution < -0.4 is 10.2 Å². The number of aromatic nitrogens is 2. The van der Waals surface area contributed by atoms with Gasteiger partial charge in [-0.05, 0) is 48.7 Å². The molecule has 0 spiro atoms. The van der Waals surface area contributed by atoms with Crippen molar-refractivity contribution < 1.29 is 4.79 Å². The van der Waals surface area contributed by atoms with Crippen LogP contribution in [0.15, 0.2) is 60.7 Å². The van der Waals surface area contributed by atoms with Crippen molar-refractivity contribution in [2.24, 2.45) is 0 Å². The van der Waals surface area contributed by atoms with Gasteiger partial charge in [0.15, 0.2) is 11.5 Å². The topological polar surface area (TPSA) is 58.1 Å². The van der Waals surface area contributed by atoms with Gasteiger partial charge in [-0.1, -0.05) is 42.5 Å². The summed E-state index contributed by atoms with van der Waals surface area (Å²) in [5.41, 5.74) is 4.46. The molecule has 1 N–H and O–H groups in total. The van der Waals surface area contributed by atoms with Crippen LogP contribution in [0.2, 0.25) is 0 Å². The number of carbonyl (C=O) groups is 1. The molecular weight excluding hydrogens is 324 g/mol. The molecule has 132 valence electrons. The third-order valence-corrected chi connectivity index (χ3v) is 4.39. The van der Waals surface area contributed by atoms with E-state index in [1.807, 2.05) is 68.3 Å². The summed E-state index contributed by atoms with van der Waals surface area (Å²) in [6.07, 6.45) is 0. The maximum atomic E-state index is 12.4. The zero-order valence-corrected chi connectivity index (χ0v) is 15.2. The molecule has 0 radical (unpaired) electrons. The lowest BCUT2D eigenvalue weighted by Gasteiger charge is -2.17. The number of anilines is 2. The van der Waals surface area contributed by atoms with Gasteiger partial charge < -0.3 is 10.2 Å². The second-order valence-corrected chi connectivity index (χ2v) is 6.32. The fourth-order valence-corrected chi connectivity index (χ4v) is 2.66. The number of hydrogen-bond acceptors (Lipinski definition) is 4. The number of hydrogen-bond donors (Lipinski definition) is 1. The van der Waals surface area contributed by atoms with Gasteiger partial charge in [0.1, 0.15) is 0 Å². The van der Waals surface area contributed by atoms with Gasteiger partial charge in [-0.2, -0.15) is 0 Å². The van der Waals surface area contributed by atoms with Crippen molar-refractivity contribution in [3.05, 3.63) is 83.0 Å². The first kappa shape index (κ1) is 17.6. The molecule has 0 saturated heterocycles. The summed E-state index contributed by atoms with van der Waals surface area (Å²) in [5, 5.41) is 11.2. The molecule has 0 fully saturated rings. The van der Waals surface area contributed by atoms with Crippen molar-refractivity contribution in [1.82, 2.24) is 10.2 Å². The summed E-state index contributed by atoms with van der Waals surface area (Å²) >= 11 is 0. The third kappa shape index (κ3) is 4.06. The Balaban J connectivity index is 1.68. The third-order valence-electron chi connectivity index (χ3n) is 4.39. The number of rotatable bonds is 5. The van der Waals surface area contributed by atoms with Gasteiger partial charge in [0.05, 0.1) is 0 Å². The van der Waals surface area contributed by atoms with Crippen molar-refractivity contribution >= 4 is 17.4 Å². The second-order valence-electron chi connectivity index (χ2n) is 6.32.